The van der Waals surface area contributed by atoms with Crippen molar-refractivity contribution in [2.24, 2.45) is 0 Å². The van der Waals surface area contributed by atoms with Gasteiger partial charge in [0.25, 0.3) is 0 Å². The van der Waals surface area contributed by atoms with Gasteiger partial charge in [-0.1, -0.05) is 11.3 Å². The summed E-state index contributed by atoms with van der Waals surface area (Å²) in [5.41, 5.74) is 3.50. The first-order valence-corrected chi connectivity index (χ1v) is 8.62. The number of ether oxygens (including phenoxy) is 2. The van der Waals surface area contributed by atoms with Gasteiger partial charge >= 0.3 is 5.97 Å². The van der Waals surface area contributed by atoms with E-state index < -0.39 is 5.97 Å². The summed E-state index contributed by atoms with van der Waals surface area (Å²) in [6.45, 7) is 4.06. The van der Waals surface area contributed by atoms with Crippen molar-refractivity contribution in [3.8, 4) is 0 Å². The molecule has 1 fully saturated rings. The van der Waals surface area contributed by atoms with Gasteiger partial charge in [0.05, 0.1) is 12.1 Å². The fourth-order valence-electron chi connectivity index (χ4n) is 2.96. The molecule has 2 aromatic rings. The molecule has 1 atom stereocenters. The Bertz CT molecular complexity index is 763. The van der Waals surface area contributed by atoms with Crippen LogP contribution in [-0.4, -0.2) is 45.6 Å². The Morgan fingerprint density at radius 2 is 2.36 bits per heavy atom. The minimum Gasteiger partial charge on any atom is -0.478 e. The van der Waals surface area contributed by atoms with E-state index in [2.05, 4.69) is 10.3 Å². The van der Waals surface area contributed by atoms with Crippen molar-refractivity contribution in [3.05, 3.63) is 29.3 Å². The van der Waals surface area contributed by atoms with Gasteiger partial charge in [-0.15, -0.1) is 5.10 Å². The smallest absolute Gasteiger partial charge is 0.328 e. The van der Waals surface area contributed by atoms with Gasteiger partial charge in [0.1, 0.15) is 5.52 Å². The van der Waals surface area contributed by atoms with Gasteiger partial charge in [-0.25, -0.2) is 9.48 Å². The molecule has 1 aliphatic heterocycles. The number of carbonyl (C=O) groups is 1. The third kappa shape index (κ3) is 4.43. The van der Waals surface area contributed by atoms with Gasteiger partial charge in [-0.3, -0.25) is 0 Å². The Labute approximate surface area is 146 Å². The van der Waals surface area contributed by atoms with E-state index >= 15 is 0 Å². The van der Waals surface area contributed by atoms with Gasteiger partial charge in [0.2, 0.25) is 0 Å². The van der Waals surface area contributed by atoms with Crippen molar-refractivity contribution < 1.29 is 19.4 Å². The zero-order valence-electron chi connectivity index (χ0n) is 14.4. The molecule has 7 nitrogen and oxygen atoms in total. The molecule has 7 heteroatoms. The summed E-state index contributed by atoms with van der Waals surface area (Å²) in [4.78, 5) is 10.7. The number of fused-ring (bicyclic) bond motifs is 1. The second-order valence-electron chi connectivity index (χ2n) is 6.15. The Morgan fingerprint density at radius 1 is 1.48 bits per heavy atom. The van der Waals surface area contributed by atoms with Gasteiger partial charge in [0.15, 0.2) is 6.29 Å². The molecule has 1 aromatic carbocycles. The number of hydrogen-bond donors (Lipinski definition) is 1. The number of aliphatic carboxylic acids is 1. The van der Waals surface area contributed by atoms with Crippen LogP contribution in [0.1, 0.15) is 36.8 Å². The number of benzene rings is 1. The molecule has 1 N–H and O–H groups in total. The summed E-state index contributed by atoms with van der Waals surface area (Å²) in [5.74, 6) is -0.968. The predicted octanol–water partition coefficient (Wildman–Crippen LogP) is 2.77. The molecule has 1 saturated heterocycles. The number of aryl methyl sites for hydroxylation is 2. The molecule has 0 spiro atoms. The van der Waals surface area contributed by atoms with Crippen LogP contribution in [0.25, 0.3) is 17.1 Å². The summed E-state index contributed by atoms with van der Waals surface area (Å²) in [5, 5.41) is 17.2. The molecule has 1 unspecified atom stereocenters. The zero-order valence-corrected chi connectivity index (χ0v) is 14.4. The van der Waals surface area contributed by atoms with Crippen LogP contribution in [-0.2, 0) is 20.8 Å². The van der Waals surface area contributed by atoms with Gasteiger partial charge in [-0.05, 0) is 55.9 Å². The first kappa shape index (κ1) is 17.6. The largest absolute Gasteiger partial charge is 0.478 e. The monoisotopic (exact) mass is 345 g/mol. The van der Waals surface area contributed by atoms with E-state index in [1.54, 1.807) is 6.08 Å². The third-order valence-electron chi connectivity index (χ3n) is 4.34. The number of carboxylic acids is 1. The molecule has 3 rings (SSSR count). The van der Waals surface area contributed by atoms with Gasteiger partial charge in [-0.2, -0.15) is 0 Å². The lowest BCUT2D eigenvalue weighted by atomic mass is 10.1. The van der Waals surface area contributed by atoms with Gasteiger partial charge < -0.3 is 14.6 Å². The van der Waals surface area contributed by atoms with E-state index in [0.29, 0.717) is 13.2 Å². The van der Waals surface area contributed by atoms with Crippen LogP contribution in [0.4, 0.5) is 0 Å². The topological polar surface area (TPSA) is 86.5 Å². The lowest BCUT2D eigenvalue weighted by Crippen LogP contribution is -2.23. The number of rotatable bonds is 7. The maximum Gasteiger partial charge on any atom is 0.328 e. The third-order valence-corrected chi connectivity index (χ3v) is 4.34. The Morgan fingerprint density at radius 3 is 3.12 bits per heavy atom. The fourth-order valence-corrected chi connectivity index (χ4v) is 2.96. The molecule has 0 amide bonds. The summed E-state index contributed by atoms with van der Waals surface area (Å²) in [7, 11) is 0. The minimum absolute atomic E-state index is 0.0629. The highest BCUT2D eigenvalue weighted by molar-refractivity contribution is 5.88. The zero-order chi connectivity index (χ0) is 17.6. The lowest BCUT2D eigenvalue weighted by Gasteiger charge is -2.22. The van der Waals surface area contributed by atoms with Crippen LogP contribution in [0.2, 0.25) is 0 Å². The summed E-state index contributed by atoms with van der Waals surface area (Å²) in [6.07, 6.45) is 6.73. The van der Waals surface area contributed by atoms with Crippen LogP contribution in [0, 0.1) is 6.92 Å². The van der Waals surface area contributed by atoms with Crippen molar-refractivity contribution in [1.82, 2.24) is 15.0 Å². The van der Waals surface area contributed by atoms with Crippen LogP contribution >= 0.6 is 0 Å². The van der Waals surface area contributed by atoms with Crippen LogP contribution < -0.4 is 0 Å². The summed E-state index contributed by atoms with van der Waals surface area (Å²) < 4.78 is 13.2. The minimum atomic E-state index is -0.968. The summed E-state index contributed by atoms with van der Waals surface area (Å²) in [6, 6.07) is 3.82. The van der Waals surface area contributed by atoms with E-state index in [4.69, 9.17) is 14.6 Å². The summed E-state index contributed by atoms with van der Waals surface area (Å²) >= 11 is 0. The molecule has 0 saturated carbocycles. The molecule has 25 heavy (non-hydrogen) atoms. The van der Waals surface area contributed by atoms with Crippen LogP contribution in [0.5, 0.6) is 0 Å². The van der Waals surface area contributed by atoms with E-state index in [9.17, 15) is 4.79 Å². The average Bonchev–Trinajstić information content (AvgIpc) is 3.03. The van der Waals surface area contributed by atoms with Crippen LogP contribution in [0.15, 0.2) is 18.2 Å². The van der Waals surface area contributed by atoms with Crippen molar-refractivity contribution in [1.29, 1.82) is 0 Å². The number of nitrogens with zero attached hydrogens (tertiary/aromatic N) is 3. The van der Waals surface area contributed by atoms with E-state index in [-0.39, 0.29) is 6.29 Å². The molecule has 1 aromatic heterocycles. The average molecular weight is 345 g/mol. The van der Waals surface area contributed by atoms with Crippen molar-refractivity contribution >= 4 is 23.1 Å². The highest BCUT2D eigenvalue weighted by Crippen LogP contribution is 2.21. The molecule has 0 radical (unpaired) electrons. The lowest BCUT2D eigenvalue weighted by molar-refractivity contribution is -0.163. The van der Waals surface area contributed by atoms with Crippen molar-refractivity contribution in [3.63, 3.8) is 0 Å². The maximum atomic E-state index is 10.7. The number of aromatic nitrogens is 3. The fraction of sp³-hybridized carbons (Fsp3) is 0.500. The quantitative estimate of drug-likeness (QED) is 0.613. The van der Waals surface area contributed by atoms with Crippen molar-refractivity contribution in [2.75, 3.05) is 13.2 Å². The molecule has 0 aliphatic carbocycles. The molecule has 0 bridgehead atoms. The highest BCUT2D eigenvalue weighted by Gasteiger charge is 2.14. The first-order valence-electron chi connectivity index (χ1n) is 8.62. The second-order valence-corrected chi connectivity index (χ2v) is 6.15. The Balaban J connectivity index is 1.60. The SMILES string of the molecule is Cc1c(C=CC(=O)O)ccc2c1nnn2CCCOC1CCCCO1. The highest BCUT2D eigenvalue weighted by atomic mass is 16.7. The second kappa shape index (κ2) is 8.22. The molecule has 2 heterocycles. The maximum absolute atomic E-state index is 10.7. The number of carboxylic acid groups (broad SMARTS) is 1. The normalized spacial score (nSPS) is 18.2. The Kier molecular flexibility index (Phi) is 5.78. The van der Waals surface area contributed by atoms with E-state index in [0.717, 1.165) is 60.5 Å². The van der Waals surface area contributed by atoms with Crippen LogP contribution in [0.3, 0.4) is 0 Å². The molecule has 134 valence electrons. The number of hydrogen-bond acceptors (Lipinski definition) is 5. The molecular formula is C18H23N3O4. The standard InChI is InChI=1S/C18H23N3O4/c1-13-14(7-9-16(22)23)6-8-15-18(13)19-20-21(15)10-4-12-25-17-5-2-3-11-24-17/h6-9,17H,2-5,10-12H2,1H3,(H,22,23). The van der Waals surface area contributed by atoms with E-state index in [1.165, 1.54) is 0 Å². The molecular weight excluding hydrogens is 322 g/mol. The Hall–Kier alpha value is -2.25. The predicted molar refractivity (Wildman–Crippen MR) is 93.1 cm³/mol. The molecule has 1 aliphatic rings. The first-order chi connectivity index (χ1) is 12.1. The van der Waals surface area contributed by atoms with Gasteiger partial charge in [0, 0.05) is 19.2 Å². The van der Waals surface area contributed by atoms with Crippen molar-refractivity contribution in [2.45, 2.75) is 45.4 Å². The van der Waals surface area contributed by atoms with E-state index in [1.807, 2.05) is 23.7 Å².